The summed E-state index contributed by atoms with van der Waals surface area (Å²) in [7, 11) is 0. The summed E-state index contributed by atoms with van der Waals surface area (Å²) in [4.78, 5) is 25.2. The summed E-state index contributed by atoms with van der Waals surface area (Å²) >= 11 is 9.31. The van der Waals surface area contributed by atoms with Crippen LogP contribution in [0.25, 0.3) is 0 Å². The second-order valence-electron chi connectivity index (χ2n) is 8.03. The number of halogens is 2. The summed E-state index contributed by atoms with van der Waals surface area (Å²) in [6.45, 7) is 2.23. The van der Waals surface area contributed by atoms with Crippen molar-refractivity contribution in [2.24, 2.45) is 5.10 Å². The molecule has 4 aromatic rings. The summed E-state index contributed by atoms with van der Waals surface area (Å²) < 4.78 is 12.1. The van der Waals surface area contributed by atoms with Crippen molar-refractivity contribution in [3.8, 4) is 11.5 Å². The van der Waals surface area contributed by atoms with Gasteiger partial charge in [-0.25, -0.2) is 10.2 Å². The van der Waals surface area contributed by atoms with E-state index in [0.717, 1.165) is 15.6 Å². The lowest BCUT2D eigenvalue weighted by molar-refractivity contribution is 0.0733. The summed E-state index contributed by atoms with van der Waals surface area (Å²) in [5, 5.41) is 4.71. The summed E-state index contributed by atoms with van der Waals surface area (Å²) in [5.74, 6) is 0.0762. The van der Waals surface area contributed by atoms with E-state index in [1.807, 2.05) is 31.2 Å². The molecule has 4 aromatic carbocycles. The highest BCUT2D eigenvalue weighted by Gasteiger charge is 2.13. The molecule has 1 N–H and O–H groups in total. The highest BCUT2D eigenvalue weighted by Crippen LogP contribution is 2.23. The monoisotopic (exact) mass is 576 g/mol. The van der Waals surface area contributed by atoms with Crippen molar-refractivity contribution in [1.29, 1.82) is 0 Å². The van der Waals surface area contributed by atoms with Gasteiger partial charge in [0.15, 0.2) is 0 Å². The Balaban J connectivity index is 1.37. The Kier molecular flexibility index (Phi) is 8.72. The number of hydrazone groups is 1. The molecule has 0 aliphatic heterocycles. The van der Waals surface area contributed by atoms with Gasteiger partial charge in [-0.1, -0.05) is 57.9 Å². The van der Waals surface area contributed by atoms with Crippen molar-refractivity contribution in [3.63, 3.8) is 0 Å². The first-order valence-corrected chi connectivity index (χ1v) is 12.4. The molecule has 0 spiro atoms. The van der Waals surface area contributed by atoms with Crippen LogP contribution in [-0.4, -0.2) is 18.1 Å². The number of nitrogens with zero attached hydrogens (tertiary/aromatic N) is 1. The normalized spacial score (nSPS) is 10.8. The maximum Gasteiger partial charge on any atom is 0.343 e. The van der Waals surface area contributed by atoms with E-state index in [9.17, 15) is 9.59 Å². The quantitative estimate of drug-likeness (QED) is 0.106. The van der Waals surface area contributed by atoms with E-state index in [4.69, 9.17) is 21.1 Å². The Morgan fingerprint density at radius 3 is 2.43 bits per heavy atom. The topological polar surface area (TPSA) is 77.0 Å². The molecule has 0 saturated heterocycles. The van der Waals surface area contributed by atoms with Crippen LogP contribution in [0.4, 0.5) is 0 Å². The first kappa shape index (κ1) is 26.1. The Morgan fingerprint density at radius 2 is 1.70 bits per heavy atom. The number of esters is 1. The number of hydrogen-bond acceptors (Lipinski definition) is 5. The first-order valence-electron chi connectivity index (χ1n) is 11.3. The van der Waals surface area contributed by atoms with E-state index in [0.29, 0.717) is 39.8 Å². The maximum absolute atomic E-state index is 12.6. The van der Waals surface area contributed by atoms with E-state index in [2.05, 4.69) is 26.5 Å². The number of amides is 1. The van der Waals surface area contributed by atoms with Crippen molar-refractivity contribution < 1.29 is 19.1 Å². The summed E-state index contributed by atoms with van der Waals surface area (Å²) in [6, 6.07) is 26.5. The number of ether oxygens (including phenoxy) is 2. The fourth-order valence-corrected chi connectivity index (χ4v) is 3.85. The van der Waals surface area contributed by atoms with E-state index in [1.54, 1.807) is 66.7 Å². The molecule has 0 saturated carbocycles. The van der Waals surface area contributed by atoms with Crippen LogP contribution in [-0.2, 0) is 6.61 Å². The van der Waals surface area contributed by atoms with Gasteiger partial charge in [0, 0.05) is 20.6 Å². The van der Waals surface area contributed by atoms with E-state index >= 15 is 0 Å². The highest BCUT2D eigenvalue weighted by atomic mass is 79.9. The Labute approximate surface area is 228 Å². The van der Waals surface area contributed by atoms with E-state index < -0.39 is 11.9 Å². The molecule has 4 rings (SSSR count). The van der Waals surface area contributed by atoms with Crippen LogP contribution in [0.3, 0.4) is 0 Å². The van der Waals surface area contributed by atoms with Crippen molar-refractivity contribution in [3.05, 3.63) is 128 Å². The Hall–Kier alpha value is -3.94. The molecule has 8 heteroatoms. The molecule has 37 heavy (non-hydrogen) atoms. The lowest BCUT2D eigenvalue weighted by atomic mass is 10.1. The first-order chi connectivity index (χ1) is 17.9. The van der Waals surface area contributed by atoms with Gasteiger partial charge in [-0.15, -0.1) is 0 Å². The third kappa shape index (κ3) is 7.29. The number of aryl methyl sites for hydroxylation is 1. The number of nitrogens with one attached hydrogen (secondary N) is 1. The summed E-state index contributed by atoms with van der Waals surface area (Å²) in [5.41, 5.74) is 5.69. The second-order valence-corrected chi connectivity index (χ2v) is 9.38. The lowest BCUT2D eigenvalue weighted by Gasteiger charge is -2.09. The predicted octanol–water partition coefficient (Wildman–Crippen LogP) is 6.97. The lowest BCUT2D eigenvalue weighted by Crippen LogP contribution is -2.17. The standard InChI is InChI=1S/C29H22BrClN2O4/c1-19-4-2-3-5-26(19)29(35)37-27-15-10-23(30)16-22(27)17-32-33-28(34)21-8-13-25(14-9-21)36-18-20-6-11-24(31)12-7-20/h2-17H,18H2,1H3,(H,33,34)/b32-17+. The minimum absolute atomic E-state index is 0.316. The van der Waals surface area contributed by atoms with Gasteiger partial charge in [0.2, 0.25) is 0 Å². The van der Waals surface area contributed by atoms with Crippen molar-refractivity contribution in [2.75, 3.05) is 0 Å². The van der Waals surface area contributed by atoms with Crippen LogP contribution in [0.1, 0.15) is 37.4 Å². The molecule has 0 bridgehead atoms. The molecule has 0 aliphatic carbocycles. The van der Waals surface area contributed by atoms with Crippen molar-refractivity contribution >= 4 is 45.6 Å². The van der Waals surface area contributed by atoms with Gasteiger partial charge in [0.05, 0.1) is 11.8 Å². The molecule has 1 amide bonds. The van der Waals surface area contributed by atoms with Crippen LogP contribution in [0.5, 0.6) is 11.5 Å². The number of carbonyl (C=O) groups excluding carboxylic acids is 2. The molecule has 0 fully saturated rings. The van der Waals surface area contributed by atoms with Gasteiger partial charge in [-0.3, -0.25) is 4.79 Å². The van der Waals surface area contributed by atoms with Crippen LogP contribution in [0.15, 0.2) is 101 Å². The fraction of sp³-hybridized carbons (Fsp3) is 0.0690. The maximum atomic E-state index is 12.6. The molecular formula is C29H22BrClN2O4. The fourth-order valence-electron chi connectivity index (χ4n) is 3.34. The molecule has 0 heterocycles. The van der Waals surface area contributed by atoms with Crippen molar-refractivity contribution in [2.45, 2.75) is 13.5 Å². The van der Waals surface area contributed by atoms with Crippen LogP contribution in [0, 0.1) is 6.92 Å². The molecule has 186 valence electrons. The van der Waals surface area contributed by atoms with Crippen LogP contribution >= 0.6 is 27.5 Å². The molecule has 0 aliphatic rings. The zero-order chi connectivity index (χ0) is 26.2. The zero-order valence-corrected chi connectivity index (χ0v) is 22.1. The number of hydrogen-bond donors (Lipinski definition) is 1. The third-order valence-corrected chi connectivity index (χ3v) is 6.09. The van der Waals surface area contributed by atoms with Gasteiger partial charge < -0.3 is 9.47 Å². The SMILES string of the molecule is Cc1ccccc1C(=O)Oc1ccc(Br)cc1/C=N/NC(=O)c1ccc(OCc2ccc(Cl)cc2)cc1. The molecule has 0 atom stereocenters. The Morgan fingerprint density at radius 1 is 0.973 bits per heavy atom. The average Bonchev–Trinajstić information content (AvgIpc) is 2.90. The number of rotatable bonds is 8. The van der Waals surface area contributed by atoms with E-state index in [1.165, 1.54) is 6.21 Å². The van der Waals surface area contributed by atoms with Gasteiger partial charge in [-0.2, -0.15) is 5.10 Å². The number of benzene rings is 4. The van der Waals surface area contributed by atoms with Gasteiger partial charge in [0.25, 0.3) is 5.91 Å². The van der Waals surface area contributed by atoms with Crippen LogP contribution < -0.4 is 14.9 Å². The molecule has 0 unspecified atom stereocenters. The molecule has 0 radical (unpaired) electrons. The molecule has 6 nitrogen and oxygen atoms in total. The highest BCUT2D eigenvalue weighted by molar-refractivity contribution is 9.10. The van der Waals surface area contributed by atoms with Gasteiger partial charge in [-0.05, 0) is 78.7 Å². The van der Waals surface area contributed by atoms with Crippen LogP contribution in [0.2, 0.25) is 5.02 Å². The molecule has 0 aromatic heterocycles. The average molecular weight is 578 g/mol. The second kappa shape index (κ2) is 12.3. The Bertz CT molecular complexity index is 1440. The summed E-state index contributed by atoms with van der Waals surface area (Å²) in [6.07, 6.45) is 1.42. The zero-order valence-electron chi connectivity index (χ0n) is 19.8. The minimum atomic E-state index is -0.475. The minimum Gasteiger partial charge on any atom is -0.489 e. The predicted molar refractivity (Wildman–Crippen MR) is 148 cm³/mol. The van der Waals surface area contributed by atoms with Gasteiger partial charge >= 0.3 is 5.97 Å². The number of carbonyl (C=O) groups is 2. The van der Waals surface area contributed by atoms with Gasteiger partial charge in [0.1, 0.15) is 18.1 Å². The third-order valence-electron chi connectivity index (χ3n) is 5.34. The van der Waals surface area contributed by atoms with Crippen molar-refractivity contribution in [1.82, 2.24) is 5.43 Å². The largest absolute Gasteiger partial charge is 0.489 e. The molecular weight excluding hydrogens is 556 g/mol. The smallest absolute Gasteiger partial charge is 0.343 e. The van der Waals surface area contributed by atoms with E-state index in [-0.39, 0.29) is 0 Å².